The maximum absolute atomic E-state index is 13.5. The summed E-state index contributed by atoms with van der Waals surface area (Å²) in [5, 5.41) is 1.09. The van der Waals surface area contributed by atoms with Gasteiger partial charge in [-0.15, -0.1) is 0 Å². The number of fused-ring (bicyclic) bond motifs is 2. The van der Waals surface area contributed by atoms with Crippen molar-refractivity contribution < 1.29 is 14.3 Å². The maximum Gasteiger partial charge on any atom is 0.340 e. The Labute approximate surface area is 226 Å². The highest BCUT2D eigenvalue weighted by molar-refractivity contribution is 5.99. The number of carbonyl (C=O) groups is 1. The molecule has 0 bridgehead atoms. The summed E-state index contributed by atoms with van der Waals surface area (Å²) in [5.41, 5.74) is 5.54. The molecule has 2 heterocycles. The second-order valence-corrected chi connectivity index (χ2v) is 9.89. The number of ether oxygens (including phenoxy) is 2. The third kappa shape index (κ3) is 3.96. The van der Waals surface area contributed by atoms with E-state index in [0.29, 0.717) is 12.2 Å². The van der Waals surface area contributed by atoms with E-state index in [9.17, 15) is 4.79 Å². The van der Waals surface area contributed by atoms with Gasteiger partial charge in [-0.05, 0) is 58.4 Å². The van der Waals surface area contributed by atoms with Crippen LogP contribution < -0.4 is 9.64 Å². The van der Waals surface area contributed by atoms with Crippen LogP contribution in [-0.4, -0.2) is 30.2 Å². The van der Waals surface area contributed by atoms with Crippen LogP contribution in [0.2, 0.25) is 0 Å². The fourth-order valence-corrected chi connectivity index (χ4v) is 6.05. The van der Waals surface area contributed by atoms with Gasteiger partial charge in [-0.3, -0.25) is 0 Å². The summed E-state index contributed by atoms with van der Waals surface area (Å²) < 4.78 is 15.4. The molecular formula is C33H38N2O3. The fourth-order valence-electron chi connectivity index (χ4n) is 6.05. The molecule has 1 aromatic heterocycles. The van der Waals surface area contributed by atoms with Crippen molar-refractivity contribution in [3.05, 3.63) is 94.7 Å². The van der Waals surface area contributed by atoms with E-state index in [1.807, 2.05) is 24.3 Å². The van der Waals surface area contributed by atoms with Crippen LogP contribution in [0.25, 0.3) is 10.9 Å². The first kappa shape index (κ1) is 25.9. The van der Waals surface area contributed by atoms with Crippen LogP contribution in [0.5, 0.6) is 5.75 Å². The molecule has 198 valence electrons. The van der Waals surface area contributed by atoms with Gasteiger partial charge in [0.1, 0.15) is 5.75 Å². The number of benzene rings is 3. The largest absolute Gasteiger partial charge is 0.493 e. The normalized spacial score (nSPS) is 16.5. The molecule has 0 radical (unpaired) electrons. The number of aromatic nitrogens is 1. The van der Waals surface area contributed by atoms with Crippen molar-refractivity contribution in [2.45, 2.75) is 59.6 Å². The third-order valence-electron chi connectivity index (χ3n) is 7.90. The molecule has 5 heteroatoms. The topological polar surface area (TPSA) is 43.7 Å². The molecule has 0 saturated heterocycles. The molecule has 5 nitrogen and oxygen atoms in total. The number of aryl methyl sites for hydroxylation is 1. The molecule has 0 fully saturated rings. The average Bonchev–Trinajstić information content (AvgIpc) is 3.40. The van der Waals surface area contributed by atoms with Gasteiger partial charge in [0.2, 0.25) is 0 Å². The summed E-state index contributed by atoms with van der Waals surface area (Å²) >= 11 is 0. The Morgan fingerprint density at radius 2 is 1.66 bits per heavy atom. The maximum atomic E-state index is 13.5. The number of para-hydroxylation sites is 1. The Hall–Kier alpha value is -3.73. The van der Waals surface area contributed by atoms with Crippen LogP contribution in [-0.2, 0) is 16.9 Å². The van der Waals surface area contributed by atoms with Crippen LogP contribution in [0.1, 0.15) is 73.3 Å². The van der Waals surface area contributed by atoms with Gasteiger partial charge < -0.3 is 18.9 Å². The van der Waals surface area contributed by atoms with Crippen molar-refractivity contribution in [2.24, 2.45) is 0 Å². The number of anilines is 1. The van der Waals surface area contributed by atoms with E-state index >= 15 is 0 Å². The molecule has 3 aromatic carbocycles. The summed E-state index contributed by atoms with van der Waals surface area (Å²) in [6, 6.07) is 22.6. The minimum absolute atomic E-state index is 0.305. The van der Waals surface area contributed by atoms with Gasteiger partial charge in [-0.25, -0.2) is 4.79 Å². The average molecular weight is 511 g/mol. The lowest BCUT2D eigenvalue weighted by Gasteiger charge is -2.33. The zero-order chi connectivity index (χ0) is 26.9. The molecule has 1 aliphatic rings. The highest BCUT2D eigenvalue weighted by Crippen LogP contribution is 2.53. The molecule has 1 atom stereocenters. The Kier molecular flexibility index (Phi) is 7.20. The summed E-state index contributed by atoms with van der Waals surface area (Å²) in [6.07, 6.45) is 1.99. The minimum Gasteiger partial charge on any atom is -0.493 e. The van der Waals surface area contributed by atoms with Gasteiger partial charge in [-0.1, -0.05) is 49.7 Å². The number of cyclic esters (lactones) is 1. The van der Waals surface area contributed by atoms with Crippen molar-refractivity contribution in [1.82, 2.24) is 4.57 Å². The first-order valence-electron chi connectivity index (χ1n) is 13.9. The lowest BCUT2D eigenvalue weighted by Crippen LogP contribution is -2.31. The number of carbonyl (C=O) groups excluding carboxylic acids is 1. The second-order valence-electron chi connectivity index (χ2n) is 9.89. The number of rotatable bonds is 10. The van der Waals surface area contributed by atoms with Crippen molar-refractivity contribution in [1.29, 1.82) is 0 Å². The zero-order valence-corrected chi connectivity index (χ0v) is 23.2. The fraction of sp³-hybridized carbons (Fsp3) is 0.364. The van der Waals surface area contributed by atoms with Crippen LogP contribution in [0.4, 0.5) is 5.69 Å². The quantitative estimate of drug-likeness (QED) is 0.164. The number of unbranched alkanes of at least 4 members (excludes halogenated alkanes) is 1. The number of esters is 1. The van der Waals surface area contributed by atoms with Crippen LogP contribution in [0, 0.1) is 6.92 Å². The molecule has 4 aromatic rings. The van der Waals surface area contributed by atoms with Crippen molar-refractivity contribution in [3.63, 3.8) is 0 Å². The molecule has 0 amide bonds. The smallest absolute Gasteiger partial charge is 0.340 e. The lowest BCUT2D eigenvalue weighted by molar-refractivity contribution is 0.0245. The van der Waals surface area contributed by atoms with Gasteiger partial charge in [0.25, 0.3) is 0 Å². The second kappa shape index (κ2) is 10.6. The molecule has 5 rings (SSSR count). The van der Waals surface area contributed by atoms with Gasteiger partial charge in [0, 0.05) is 64.7 Å². The van der Waals surface area contributed by atoms with E-state index in [1.165, 1.54) is 0 Å². The molecule has 0 N–H and O–H groups in total. The highest BCUT2D eigenvalue weighted by Gasteiger charge is 2.52. The molecular weight excluding hydrogens is 472 g/mol. The minimum atomic E-state index is -1.12. The van der Waals surface area contributed by atoms with Crippen LogP contribution >= 0.6 is 0 Å². The van der Waals surface area contributed by atoms with E-state index in [2.05, 4.69) is 86.6 Å². The van der Waals surface area contributed by atoms with E-state index in [1.54, 1.807) is 0 Å². The molecule has 0 spiro atoms. The van der Waals surface area contributed by atoms with Gasteiger partial charge >= 0.3 is 5.97 Å². The standard InChI is InChI=1S/C33H38N2O3/c1-6-10-21-37-30-22-24(34(7-2)8-3)19-20-28(30)33(27-17-13-11-15-25(27)32(36)38-33)31-23(5)35(9-4)29-18-14-12-16-26(29)31/h11-20,22H,6-10,21H2,1-5H3. The SMILES string of the molecule is CCCCOc1cc(N(CC)CC)ccc1C1(c2c(C)n(CC)c3ccccc23)OC(=O)c2ccccc21. The van der Waals surface area contributed by atoms with Crippen molar-refractivity contribution in [2.75, 3.05) is 24.6 Å². The summed E-state index contributed by atoms with van der Waals surface area (Å²) in [6.45, 7) is 14.0. The molecule has 0 saturated carbocycles. The van der Waals surface area contributed by atoms with Gasteiger partial charge in [0.05, 0.1) is 12.2 Å². The van der Waals surface area contributed by atoms with Gasteiger partial charge in [0.15, 0.2) is 5.60 Å². The number of hydrogen-bond donors (Lipinski definition) is 0. The predicted molar refractivity (Wildman–Crippen MR) is 154 cm³/mol. The van der Waals surface area contributed by atoms with Crippen LogP contribution in [0.15, 0.2) is 66.7 Å². The van der Waals surface area contributed by atoms with E-state index in [0.717, 1.165) is 77.2 Å². The summed E-state index contributed by atoms with van der Waals surface area (Å²) in [4.78, 5) is 15.8. The Bertz CT molecular complexity index is 1470. The number of hydrogen-bond acceptors (Lipinski definition) is 4. The molecule has 38 heavy (non-hydrogen) atoms. The summed E-state index contributed by atoms with van der Waals surface area (Å²) in [7, 11) is 0. The first-order valence-corrected chi connectivity index (χ1v) is 13.9. The lowest BCUT2D eigenvalue weighted by atomic mass is 9.78. The molecule has 1 aliphatic heterocycles. The van der Waals surface area contributed by atoms with E-state index < -0.39 is 5.60 Å². The zero-order valence-electron chi connectivity index (χ0n) is 23.2. The molecule has 0 aliphatic carbocycles. The first-order chi connectivity index (χ1) is 18.5. The highest BCUT2D eigenvalue weighted by atomic mass is 16.6. The Morgan fingerprint density at radius 3 is 2.39 bits per heavy atom. The van der Waals surface area contributed by atoms with Crippen LogP contribution in [0.3, 0.4) is 0 Å². The van der Waals surface area contributed by atoms with E-state index in [4.69, 9.17) is 9.47 Å². The number of nitrogens with zero attached hydrogens (tertiary/aromatic N) is 2. The van der Waals surface area contributed by atoms with E-state index in [-0.39, 0.29) is 5.97 Å². The Balaban J connectivity index is 1.87. The van der Waals surface area contributed by atoms with Crippen molar-refractivity contribution in [3.8, 4) is 5.75 Å². The van der Waals surface area contributed by atoms with Crippen molar-refractivity contribution >= 4 is 22.6 Å². The monoisotopic (exact) mass is 510 g/mol. The predicted octanol–water partition coefficient (Wildman–Crippen LogP) is 7.46. The Morgan fingerprint density at radius 1 is 0.921 bits per heavy atom. The third-order valence-corrected chi connectivity index (χ3v) is 7.90. The summed E-state index contributed by atoms with van der Waals surface area (Å²) in [5.74, 6) is 0.459. The molecule has 1 unspecified atom stereocenters. The van der Waals surface area contributed by atoms with Gasteiger partial charge in [-0.2, -0.15) is 0 Å².